The Morgan fingerprint density at radius 1 is 1.43 bits per heavy atom. The molecule has 1 aromatic rings. The number of Topliss-reactive ketones (excluding diaryl/α,β-unsaturated/α-hetero) is 1. The van der Waals surface area contributed by atoms with Gasteiger partial charge in [-0.3, -0.25) is 4.79 Å². The molecule has 1 atom stereocenters. The van der Waals surface area contributed by atoms with Crippen LogP contribution in [0.3, 0.4) is 0 Å². The molecule has 0 amide bonds. The average Bonchev–Trinajstić information content (AvgIpc) is 2.53. The molecule has 0 saturated carbocycles. The van der Waals surface area contributed by atoms with Gasteiger partial charge in [-0.1, -0.05) is 13.8 Å². The molecule has 3 nitrogen and oxygen atoms in total. The maximum absolute atomic E-state index is 11.6. The molecule has 0 saturated heterocycles. The van der Waals surface area contributed by atoms with Gasteiger partial charge in [0.15, 0.2) is 5.76 Å². The second kappa shape index (κ2) is 5.83. The predicted molar refractivity (Wildman–Crippen MR) is 58.0 cm³/mol. The van der Waals surface area contributed by atoms with Crippen LogP contribution in [0.4, 0.5) is 0 Å². The molecule has 1 heterocycles. The second-order valence-corrected chi connectivity index (χ2v) is 3.38. The first-order valence-corrected chi connectivity index (χ1v) is 4.45. The topological polar surface area (TPSA) is 42.2 Å². The van der Waals surface area contributed by atoms with Crippen molar-refractivity contribution in [3.63, 3.8) is 0 Å². The monoisotopic (exact) mass is 217 g/mol. The van der Waals surface area contributed by atoms with Crippen LogP contribution in [-0.2, 0) is 0 Å². The maximum Gasteiger partial charge on any atom is 0.214 e. The Morgan fingerprint density at radius 2 is 2.07 bits per heavy atom. The van der Waals surface area contributed by atoms with E-state index in [9.17, 15) is 4.79 Å². The highest BCUT2D eigenvalue weighted by molar-refractivity contribution is 5.97. The minimum atomic E-state index is -0.189. The van der Waals surface area contributed by atoms with Crippen molar-refractivity contribution in [3.8, 4) is 0 Å². The first-order valence-electron chi connectivity index (χ1n) is 4.45. The summed E-state index contributed by atoms with van der Waals surface area (Å²) in [6.07, 6.45) is 1.51. The molecular weight excluding hydrogens is 202 g/mol. The number of carbonyl (C=O) groups excluding carboxylic acids is 1. The Balaban J connectivity index is 0.00000169. The van der Waals surface area contributed by atoms with Gasteiger partial charge in [-0.2, -0.15) is 0 Å². The zero-order chi connectivity index (χ0) is 9.84. The number of hydrogen-bond donors (Lipinski definition) is 1. The standard InChI is InChI=1S/C10H15NO2.ClH/c1-7(2)11-8(3)10(12)9-5-4-6-13-9;/h4-8,11H,1-3H3;1H. The van der Waals surface area contributed by atoms with Crippen molar-refractivity contribution in [2.24, 2.45) is 0 Å². The first kappa shape index (κ1) is 13.2. The molecule has 0 bridgehead atoms. The van der Waals surface area contributed by atoms with Crippen LogP contribution in [0.5, 0.6) is 0 Å². The summed E-state index contributed by atoms with van der Waals surface area (Å²) >= 11 is 0. The Hall–Kier alpha value is -0.800. The average molecular weight is 218 g/mol. The summed E-state index contributed by atoms with van der Waals surface area (Å²) < 4.78 is 5.01. The maximum atomic E-state index is 11.6. The summed E-state index contributed by atoms with van der Waals surface area (Å²) in [5, 5.41) is 3.12. The van der Waals surface area contributed by atoms with E-state index < -0.39 is 0 Å². The van der Waals surface area contributed by atoms with Crippen molar-refractivity contribution in [2.75, 3.05) is 0 Å². The predicted octanol–water partition coefficient (Wildman–Crippen LogP) is 2.27. The molecule has 1 aromatic heterocycles. The third-order valence-corrected chi connectivity index (χ3v) is 1.74. The van der Waals surface area contributed by atoms with Crippen LogP contribution >= 0.6 is 12.4 Å². The minimum Gasteiger partial charge on any atom is -0.461 e. The zero-order valence-corrected chi connectivity index (χ0v) is 9.43. The van der Waals surface area contributed by atoms with Crippen LogP contribution in [-0.4, -0.2) is 17.9 Å². The number of hydrogen-bond acceptors (Lipinski definition) is 3. The van der Waals surface area contributed by atoms with Crippen molar-refractivity contribution < 1.29 is 9.21 Å². The number of rotatable bonds is 4. The summed E-state index contributed by atoms with van der Waals surface area (Å²) in [7, 11) is 0. The van der Waals surface area contributed by atoms with Crippen molar-refractivity contribution in [1.29, 1.82) is 0 Å². The highest BCUT2D eigenvalue weighted by Gasteiger charge is 2.17. The lowest BCUT2D eigenvalue weighted by Gasteiger charge is -2.13. The van der Waals surface area contributed by atoms with Gasteiger partial charge in [0.25, 0.3) is 0 Å². The van der Waals surface area contributed by atoms with Gasteiger partial charge in [0.2, 0.25) is 5.78 Å². The smallest absolute Gasteiger partial charge is 0.214 e. The molecule has 1 N–H and O–H groups in total. The van der Waals surface area contributed by atoms with Gasteiger partial charge in [-0.05, 0) is 19.1 Å². The molecule has 14 heavy (non-hydrogen) atoms. The summed E-state index contributed by atoms with van der Waals surface area (Å²) in [6, 6.07) is 3.51. The molecule has 80 valence electrons. The van der Waals surface area contributed by atoms with E-state index in [1.165, 1.54) is 6.26 Å². The van der Waals surface area contributed by atoms with Gasteiger partial charge in [-0.15, -0.1) is 12.4 Å². The molecule has 0 aromatic carbocycles. The molecule has 0 aliphatic carbocycles. The van der Waals surface area contributed by atoms with Gasteiger partial charge in [0.05, 0.1) is 12.3 Å². The van der Waals surface area contributed by atoms with Gasteiger partial charge in [0.1, 0.15) is 0 Å². The van der Waals surface area contributed by atoms with E-state index >= 15 is 0 Å². The van der Waals surface area contributed by atoms with E-state index in [4.69, 9.17) is 4.42 Å². The van der Waals surface area contributed by atoms with E-state index in [-0.39, 0.29) is 24.2 Å². The largest absolute Gasteiger partial charge is 0.461 e. The van der Waals surface area contributed by atoms with Crippen molar-refractivity contribution in [2.45, 2.75) is 32.9 Å². The van der Waals surface area contributed by atoms with Crippen molar-refractivity contribution >= 4 is 18.2 Å². The van der Waals surface area contributed by atoms with Crippen molar-refractivity contribution in [1.82, 2.24) is 5.32 Å². The third kappa shape index (κ3) is 3.52. The van der Waals surface area contributed by atoms with E-state index in [1.807, 2.05) is 20.8 Å². The molecule has 1 unspecified atom stereocenters. The van der Waals surface area contributed by atoms with E-state index in [2.05, 4.69) is 5.32 Å². The fraction of sp³-hybridized carbons (Fsp3) is 0.500. The van der Waals surface area contributed by atoms with E-state index in [0.717, 1.165) is 0 Å². The van der Waals surface area contributed by atoms with Crippen LogP contribution in [0.1, 0.15) is 31.3 Å². The summed E-state index contributed by atoms with van der Waals surface area (Å²) in [6.45, 7) is 5.85. The van der Waals surface area contributed by atoms with Crippen LogP contribution < -0.4 is 5.32 Å². The SMILES string of the molecule is CC(C)NC(C)C(=O)c1ccco1.Cl. The molecule has 0 radical (unpaired) electrons. The number of nitrogens with one attached hydrogen (secondary N) is 1. The fourth-order valence-electron chi connectivity index (χ4n) is 1.21. The molecule has 4 heteroatoms. The Bertz CT molecular complexity index is 270. The van der Waals surface area contributed by atoms with Crippen LogP contribution in [0.15, 0.2) is 22.8 Å². The van der Waals surface area contributed by atoms with Crippen LogP contribution in [0.25, 0.3) is 0 Å². The van der Waals surface area contributed by atoms with Gasteiger partial charge >= 0.3 is 0 Å². The molecule has 0 fully saturated rings. The normalized spacial score (nSPS) is 12.3. The second-order valence-electron chi connectivity index (χ2n) is 3.38. The Labute approximate surface area is 90.3 Å². The highest BCUT2D eigenvalue weighted by Crippen LogP contribution is 2.04. The quantitative estimate of drug-likeness (QED) is 0.787. The molecule has 1 rings (SSSR count). The van der Waals surface area contributed by atoms with Crippen LogP contribution in [0.2, 0.25) is 0 Å². The van der Waals surface area contributed by atoms with Crippen LogP contribution in [0, 0.1) is 0 Å². The van der Waals surface area contributed by atoms with E-state index in [1.54, 1.807) is 12.1 Å². The van der Waals surface area contributed by atoms with Gasteiger partial charge in [-0.25, -0.2) is 0 Å². The number of ketones is 1. The van der Waals surface area contributed by atoms with E-state index in [0.29, 0.717) is 11.8 Å². The molecule has 0 spiro atoms. The third-order valence-electron chi connectivity index (χ3n) is 1.74. The Morgan fingerprint density at radius 3 is 2.50 bits per heavy atom. The number of carbonyl (C=O) groups is 1. The Kier molecular flexibility index (Phi) is 5.50. The summed E-state index contributed by atoms with van der Waals surface area (Å²) in [5.41, 5.74) is 0. The summed E-state index contributed by atoms with van der Waals surface area (Å²) in [4.78, 5) is 11.6. The minimum absolute atomic E-state index is 0. The number of furan rings is 1. The molecule has 0 aliphatic heterocycles. The lowest BCUT2D eigenvalue weighted by Crippen LogP contribution is -2.38. The molecule has 0 aliphatic rings. The highest BCUT2D eigenvalue weighted by atomic mass is 35.5. The molecular formula is C10H16ClNO2. The lowest BCUT2D eigenvalue weighted by molar-refractivity contribution is 0.0919. The lowest BCUT2D eigenvalue weighted by atomic mass is 10.1. The van der Waals surface area contributed by atoms with Gasteiger partial charge < -0.3 is 9.73 Å². The van der Waals surface area contributed by atoms with Gasteiger partial charge in [0, 0.05) is 6.04 Å². The zero-order valence-electron chi connectivity index (χ0n) is 8.61. The van der Waals surface area contributed by atoms with Crippen molar-refractivity contribution in [3.05, 3.63) is 24.2 Å². The summed E-state index contributed by atoms with van der Waals surface area (Å²) in [5.74, 6) is 0.416. The fourth-order valence-corrected chi connectivity index (χ4v) is 1.21. The first-order chi connectivity index (χ1) is 6.11. The number of halogens is 1.